The average Bonchev–Trinajstić information content (AvgIpc) is 3.09. The fourth-order valence-corrected chi connectivity index (χ4v) is 2.66. The van der Waals surface area contributed by atoms with Gasteiger partial charge in [0.2, 0.25) is 0 Å². The van der Waals surface area contributed by atoms with Crippen LogP contribution in [0, 0.1) is 11.6 Å². The second-order valence-corrected chi connectivity index (χ2v) is 5.65. The second-order valence-electron chi connectivity index (χ2n) is 5.65. The number of hydrogen-bond acceptors (Lipinski definition) is 3. The normalized spacial score (nSPS) is 13.8. The Morgan fingerprint density at radius 3 is 2.46 bits per heavy atom. The molecule has 2 aromatic carbocycles. The molecule has 3 rings (SSSR count). The lowest BCUT2D eigenvalue weighted by molar-refractivity contribution is -0.118. The van der Waals surface area contributed by atoms with Crippen LogP contribution in [0.25, 0.3) is 0 Å². The van der Waals surface area contributed by atoms with Crippen molar-refractivity contribution in [1.82, 2.24) is 0 Å². The molecule has 126 valence electrons. The number of hydrogen-bond donors (Lipinski definition) is 1. The number of anilines is 2. The monoisotopic (exact) mass is 332 g/mol. The Kier molecular flexibility index (Phi) is 4.93. The molecule has 0 saturated carbocycles. The zero-order valence-corrected chi connectivity index (χ0v) is 13.1. The molecule has 24 heavy (non-hydrogen) atoms. The highest BCUT2D eigenvalue weighted by Crippen LogP contribution is 2.22. The maximum atomic E-state index is 13.4. The van der Waals surface area contributed by atoms with Gasteiger partial charge in [0.05, 0.1) is 0 Å². The minimum Gasteiger partial charge on any atom is -0.481 e. The van der Waals surface area contributed by atoms with Crippen molar-refractivity contribution in [2.75, 3.05) is 29.9 Å². The number of amides is 1. The molecule has 2 aromatic rings. The lowest BCUT2D eigenvalue weighted by atomic mass is 10.2. The van der Waals surface area contributed by atoms with E-state index in [2.05, 4.69) is 10.2 Å². The highest BCUT2D eigenvalue weighted by atomic mass is 19.1. The molecule has 0 atom stereocenters. The third kappa shape index (κ3) is 4.01. The van der Waals surface area contributed by atoms with Crippen LogP contribution in [-0.4, -0.2) is 25.6 Å². The third-order valence-electron chi connectivity index (χ3n) is 3.87. The summed E-state index contributed by atoms with van der Waals surface area (Å²) in [5, 5.41) is 2.68. The van der Waals surface area contributed by atoms with Gasteiger partial charge < -0.3 is 15.0 Å². The van der Waals surface area contributed by atoms with Gasteiger partial charge in [0.1, 0.15) is 5.82 Å². The van der Waals surface area contributed by atoms with Crippen LogP contribution in [0.3, 0.4) is 0 Å². The number of nitrogens with zero attached hydrogens (tertiary/aromatic N) is 1. The predicted octanol–water partition coefficient (Wildman–Crippen LogP) is 3.58. The third-order valence-corrected chi connectivity index (χ3v) is 3.87. The molecule has 1 aliphatic rings. The van der Waals surface area contributed by atoms with Gasteiger partial charge in [-0.25, -0.2) is 8.78 Å². The van der Waals surface area contributed by atoms with Gasteiger partial charge in [-0.05, 0) is 49.2 Å². The molecule has 1 fully saturated rings. The van der Waals surface area contributed by atoms with Gasteiger partial charge in [0.15, 0.2) is 18.2 Å². The first kappa shape index (κ1) is 16.2. The average molecular weight is 332 g/mol. The summed E-state index contributed by atoms with van der Waals surface area (Å²) in [6.45, 7) is 1.77. The maximum absolute atomic E-state index is 13.4. The molecule has 1 heterocycles. The molecular formula is C18H18F2N2O2. The highest BCUT2D eigenvalue weighted by molar-refractivity contribution is 5.92. The van der Waals surface area contributed by atoms with E-state index in [1.165, 1.54) is 12.8 Å². The van der Waals surface area contributed by atoms with E-state index in [1.54, 1.807) is 0 Å². The van der Waals surface area contributed by atoms with Crippen molar-refractivity contribution < 1.29 is 18.3 Å². The van der Waals surface area contributed by atoms with Crippen molar-refractivity contribution >= 4 is 17.3 Å². The minimum absolute atomic E-state index is 0.157. The van der Waals surface area contributed by atoms with E-state index in [1.807, 2.05) is 24.3 Å². The number of carbonyl (C=O) groups excluding carboxylic acids is 1. The zero-order valence-electron chi connectivity index (χ0n) is 13.1. The maximum Gasteiger partial charge on any atom is 0.262 e. The van der Waals surface area contributed by atoms with Crippen molar-refractivity contribution in [2.45, 2.75) is 12.8 Å². The van der Waals surface area contributed by atoms with Crippen molar-refractivity contribution in [3.8, 4) is 5.75 Å². The quantitative estimate of drug-likeness (QED) is 0.910. The smallest absolute Gasteiger partial charge is 0.262 e. The van der Waals surface area contributed by atoms with Crippen LogP contribution in [0.1, 0.15) is 12.8 Å². The topological polar surface area (TPSA) is 41.6 Å². The Bertz CT molecular complexity index is 713. The lowest BCUT2D eigenvalue weighted by Crippen LogP contribution is -2.21. The van der Waals surface area contributed by atoms with Crippen LogP contribution in [-0.2, 0) is 4.79 Å². The highest BCUT2D eigenvalue weighted by Gasteiger charge is 2.12. The van der Waals surface area contributed by atoms with Gasteiger partial charge in [-0.2, -0.15) is 0 Å². The summed E-state index contributed by atoms with van der Waals surface area (Å²) >= 11 is 0. The molecule has 1 amide bonds. The van der Waals surface area contributed by atoms with Crippen molar-refractivity contribution in [3.05, 3.63) is 54.1 Å². The Morgan fingerprint density at radius 2 is 1.79 bits per heavy atom. The fraction of sp³-hybridized carbons (Fsp3) is 0.278. The first-order chi connectivity index (χ1) is 11.6. The standard InChI is InChI=1S/C18H18F2N2O2/c19-13-3-8-17(16(20)11-13)24-12-18(23)21-14-4-6-15(7-5-14)22-9-1-2-10-22/h3-8,11H,1-2,9-10,12H2,(H,21,23). The van der Waals surface area contributed by atoms with E-state index in [0.29, 0.717) is 11.8 Å². The van der Waals surface area contributed by atoms with E-state index in [0.717, 1.165) is 30.9 Å². The molecule has 6 heteroatoms. The molecule has 1 N–H and O–H groups in total. The molecule has 1 saturated heterocycles. The van der Waals surface area contributed by atoms with E-state index in [-0.39, 0.29) is 12.4 Å². The van der Waals surface area contributed by atoms with Gasteiger partial charge in [0, 0.05) is 30.5 Å². The number of nitrogens with one attached hydrogen (secondary N) is 1. The number of halogens is 2. The second kappa shape index (κ2) is 7.29. The zero-order chi connectivity index (χ0) is 16.9. The van der Waals surface area contributed by atoms with Crippen LogP contribution >= 0.6 is 0 Å². The Hall–Kier alpha value is -2.63. The Morgan fingerprint density at radius 1 is 1.08 bits per heavy atom. The lowest BCUT2D eigenvalue weighted by Gasteiger charge is -2.17. The minimum atomic E-state index is -0.835. The Labute approximate surface area is 139 Å². The summed E-state index contributed by atoms with van der Waals surface area (Å²) in [5.74, 6) is -2.09. The predicted molar refractivity (Wildman–Crippen MR) is 88.4 cm³/mol. The number of rotatable bonds is 5. The van der Waals surface area contributed by atoms with E-state index in [9.17, 15) is 13.6 Å². The summed E-state index contributed by atoms with van der Waals surface area (Å²) in [4.78, 5) is 14.2. The first-order valence-electron chi connectivity index (χ1n) is 7.84. The van der Waals surface area contributed by atoms with Crippen molar-refractivity contribution in [2.24, 2.45) is 0 Å². The van der Waals surface area contributed by atoms with Gasteiger partial charge >= 0.3 is 0 Å². The van der Waals surface area contributed by atoms with Crippen LogP contribution in [0.2, 0.25) is 0 Å². The van der Waals surface area contributed by atoms with Gasteiger partial charge in [-0.1, -0.05) is 0 Å². The SMILES string of the molecule is O=C(COc1ccc(F)cc1F)Nc1ccc(N2CCCC2)cc1. The number of ether oxygens (including phenoxy) is 1. The van der Waals surface area contributed by atoms with Gasteiger partial charge in [-0.15, -0.1) is 0 Å². The van der Waals surface area contributed by atoms with Crippen LogP contribution < -0.4 is 15.0 Å². The fourth-order valence-electron chi connectivity index (χ4n) is 2.66. The van der Waals surface area contributed by atoms with Crippen molar-refractivity contribution in [1.29, 1.82) is 0 Å². The summed E-state index contributed by atoms with van der Waals surface area (Å²) < 4.78 is 31.3. The number of benzene rings is 2. The molecule has 0 aromatic heterocycles. The largest absolute Gasteiger partial charge is 0.481 e. The van der Waals surface area contributed by atoms with Crippen molar-refractivity contribution in [3.63, 3.8) is 0 Å². The molecule has 0 aliphatic carbocycles. The summed E-state index contributed by atoms with van der Waals surface area (Å²) in [5.41, 5.74) is 1.78. The van der Waals surface area contributed by atoms with E-state index < -0.39 is 17.5 Å². The summed E-state index contributed by atoms with van der Waals surface area (Å²) in [6, 6.07) is 10.5. The molecule has 0 radical (unpaired) electrons. The summed E-state index contributed by atoms with van der Waals surface area (Å²) in [7, 11) is 0. The molecule has 0 spiro atoms. The molecule has 4 nitrogen and oxygen atoms in total. The molecule has 0 bridgehead atoms. The van der Waals surface area contributed by atoms with Crippen LogP contribution in [0.15, 0.2) is 42.5 Å². The van der Waals surface area contributed by atoms with E-state index in [4.69, 9.17) is 4.74 Å². The number of carbonyl (C=O) groups is 1. The van der Waals surface area contributed by atoms with Crippen LogP contribution in [0.5, 0.6) is 5.75 Å². The van der Waals surface area contributed by atoms with Gasteiger partial charge in [0.25, 0.3) is 5.91 Å². The Balaban J connectivity index is 1.52. The molecular weight excluding hydrogens is 314 g/mol. The molecule has 1 aliphatic heterocycles. The van der Waals surface area contributed by atoms with Crippen LogP contribution in [0.4, 0.5) is 20.2 Å². The first-order valence-corrected chi connectivity index (χ1v) is 7.84. The van der Waals surface area contributed by atoms with Gasteiger partial charge in [-0.3, -0.25) is 4.79 Å². The summed E-state index contributed by atoms with van der Waals surface area (Å²) in [6.07, 6.45) is 2.41. The van der Waals surface area contributed by atoms with E-state index >= 15 is 0 Å². The molecule has 0 unspecified atom stereocenters.